The third kappa shape index (κ3) is 3.75. The maximum Gasteiger partial charge on any atom is 0.254 e. The fourth-order valence-electron chi connectivity index (χ4n) is 3.73. The fourth-order valence-corrected chi connectivity index (χ4v) is 3.73. The molecule has 0 spiro atoms. The lowest BCUT2D eigenvalue weighted by Crippen LogP contribution is -2.42. The molecule has 5 heteroatoms. The van der Waals surface area contributed by atoms with Crippen LogP contribution >= 0.6 is 0 Å². The topological polar surface area (TPSA) is 59.2 Å². The lowest BCUT2D eigenvalue weighted by atomic mass is 9.93. The van der Waals surface area contributed by atoms with Crippen LogP contribution in [0.1, 0.15) is 61.2 Å². The van der Waals surface area contributed by atoms with E-state index in [0.29, 0.717) is 23.7 Å². The number of carbonyl (C=O) groups excluding carboxylic acids is 1. The van der Waals surface area contributed by atoms with Gasteiger partial charge >= 0.3 is 0 Å². The van der Waals surface area contributed by atoms with Gasteiger partial charge in [-0.25, -0.2) is 0 Å². The number of hydrogen-bond donors (Lipinski definition) is 0. The van der Waals surface area contributed by atoms with Gasteiger partial charge in [0.2, 0.25) is 11.8 Å². The molecule has 1 aromatic carbocycles. The van der Waals surface area contributed by atoms with E-state index in [1.165, 1.54) is 32.1 Å². The molecule has 1 amide bonds. The van der Waals surface area contributed by atoms with Gasteiger partial charge in [-0.15, -0.1) is 10.2 Å². The highest BCUT2D eigenvalue weighted by Gasteiger charge is 2.32. The van der Waals surface area contributed by atoms with Gasteiger partial charge in [-0.1, -0.05) is 25.3 Å². The van der Waals surface area contributed by atoms with Gasteiger partial charge in [-0.2, -0.15) is 0 Å². The predicted octanol–water partition coefficient (Wildman–Crippen LogP) is 4.23. The summed E-state index contributed by atoms with van der Waals surface area (Å²) >= 11 is 0. The van der Waals surface area contributed by atoms with Gasteiger partial charge in [0.15, 0.2) is 0 Å². The van der Waals surface area contributed by atoms with Crippen molar-refractivity contribution in [2.45, 2.75) is 57.9 Å². The highest BCUT2D eigenvalue weighted by Crippen LogP contribution is 2.33. The Labute approximate surface area is 148 Å². The van der Waals surface area contributed by atoms with E-state index in [-0.39, 0.29) is 5.91 Å². The van der Waals surface area contributed by atoms with Crippen LogP contribution < -0.4 is 0 Å². The molecule has 5 nitrogen and oxygen atoms in total. The van der Waals surface area contributed by atoms with Crippen LogP contribution in [0, 0.1) is 12.8 Å². The lowest BCUT2D eigenvalue weighted by Gasteiger charge is -2.34. The fraction of sp³-hybridized carbons (Fsp3) is 0.550. The smallest absolute Gasteiger partial charge is 0.254 e. The molecule has 2 saturated carbocycles. The highest BCUT2D eigenvalue weighted by atomic mass is 16.4. The molecule has 2 aromatic rings. The van der Waals surface area contributed by atoms with Gasteiger partial charge in [-0.3, -0.25) is 4.79 Å². The van der Waals surface area contributed by atoms with Crippen molar-refractivity contribution >= 4 is 5.91 Å². The van der Waals surface area contributed by atoms with E-state index < -0.39 is 0 Å². The van der Waals surface area contributed by atoms with Gasteiger partial charge in [0.05, 0.1) is 0 Å². The van der Waals surface area contributed by atoms with Crippen LogP contribution in [-0.2, 0) is 0 Å². The number of nitrogens with zero attached hydrogens (tertiary/aromatic N) is 3. The van der Waals surface area contributed by atoms with E-state index in [2.05, 4.69) is 15.1 Å². The molecule has 0 radical (unpaired) electrons. The van der Waals surface area contributed by atoms with Crippen LogP contribution in [0.5, 0.6) is 0 Å². The summed E-state index contributed by atoms with van der Waals surface area (Å²) in [5.41, 5.74) is 1.53. The zero-order chi connectivity index (χ0) is 17.2. The molecule has 1 aromatic heterocycles. The first-order chi connectivity index (χ1) is 12.2. The zero-order valence-electron chi connectivity index (χ0n) is 14.8. The number of hydrogen-bond acceptors (Lipinski definition) is 4. The third-order valence-corrected chi connectivity index (χ3v) is 5.31. The summed E-state index contributed by atoms with van der Waals surface area (Å²) < 4.78 is 5.51. The largest absolute Gasteiger partial charge is 0.421 e. The van der Waals surface area contributed by atoms with Gasteiger partial charge in [0.25, 0.3) is 5.91 Å². The Bertz CT molecular complexity index is 745. The molecule has 0 N–H and O–H groups in total. The Balaban J connectivity index is 1.58. The van der Waals surface area contributed by atoms with E-state index in [9.17, 15) is 4.79 Å². The standard InChI is InChI=1S/C20H25N3O2/c1-14-21-22-19(25-14)16-6-5-7-17(12-16)20(24)23(13-15-10-11-15)18-8-3-2-4-9-18/h5-7,12,15,18H,2-4,8-11,13H2,1H3. The van der Waals surface area contributed by atoms with E-state index >= 15 is 0 Å². The van der Waals surface area contributed by atoms with E-state index in [0.717, 1.165) is 30.5 Å². The van der Waals surface area contributed by atoms with Crippen molar-refractivity contribution in [3.8, 4) is 11.5 Å². The van der Waals surface area contributed by atoms with Gasteiger partial charge in [0.1, 0.15) is 0 Å². The van der Waals surface area contributed by atoms with Crippen molar-refractivity contribution in [2.24, 2.45) is 5.92 Å². The predicted molar refractivity (Wildman–Crippen MR) is 95.1 cm³/mol. The maximum absolute atomic E-state index is 13.3. The molecule has 2 aliphatic rings. The summed E-state index contributed by atoms with van der Waals surface area (Å²) in [6.07, 6.45) is 8.58. The van der Waals surface area contributed by atoms with Gasteiger partial charge < -0.3 is 9.32 Å². The van der Waals surface area contributed by atoms with Crippen LogP contribution in [0.4, 0.5) is 0 Å². The maximum atomic E-state index is 13.3. The monoisotopic (exact) mass is 339 g/mol. The van der Waals surface area contributed by atoms with Crippen molar-refractivity contribution in [3.63, 3.8) is 0 Å². The van der Waals surface area contributed by atoms with Crippen molar-refractivity contribution in [3.05, 3.63) is 35.7 Å². The number of amides is 1. The average molecular weight is 339 g/mol. The molecule has 0 atom stereocenters. The number of aryl methyl sites for hydroxylation is 1. The van der Waals surface area contributed by atoms with Crippen molar-refractivity contribution in [2.75, 3.05) is 6.54 Å². The van der Waals surface area contributed by atoms with Crippen LogP contribution in [-0.4, -0.2) is 33.6 Å². The molecular formula is C20H25N3O2. The Morgan fingerprint density at radius 1 is 1.16 bits per heavy atom. The summed E-state index contributed by atoms with van der Waals surface area (Å²) in [5, 5.41) is 7.95. The lowest BCUT2D eigenvalue weighted by molar-refractivity contribution is 0.0622. The van der Waals surface area contributed by atoms with Crippen LogP contribution in [0.15, 0.2) is 28.7 Å². The minimum Gasteiger partial charge on any atom is -0.421 e. The Morgan fingerprint density at radius 2 is 1.96 bits per heavy atom. The normalized spacial score (nSPS) is 18.3. The molecule has 132 valence electrons. The number of benzene rings is 1. The Morgan fingerprint density at radius 3 is 2.64 bits per heavy atom. The van der Waals surface area contributed by atoms with E-state index in [1.54, 1.807) is 6.92 Å². The van der Waals surface area contributed by atoms with Crippen LogP contribution in [0.2, 0.25) is 0 Å². The van der Waals surface area contributed by atoms with Gasteiger partial charge in [-0.05, 0) is 49.8 Å². The average Bonchev–Trinajstić information content (AvgIpc) is 3.38. The first kappa shape index (κ1) is 16.3. The first-order valence-electron chi connectivity index (χ1n) is 9.42. The third-order valence-electron chi connectivity index (χ3n) is 5.31. The molecule has 25 heavy (non-hydrogen) atoms. The summed E-state index contributed by atoms with van der Waals surface area (Å²) in [6, 6.07) is 8.00. The SMILES string of the molecule is Cc1nnc(-c2cccc(C(=O)N(CC3CC3)C3CCCCC3)c2)o1. The van der Waals surface area contributed by atoms with Crippen molar-refractivity contribution in [1.29, 1.82) is 0 Å². The first-order valence-corrected chi connectivity index (χ1v) is 9.42. The Kier molecular flexibility index (Phi) is 4.55. The summed E-state index contributed by atoms with van der Waals surface area (Å²) in [7, 11) is 0. The van der Waals surface area contributed by atoms with Crippen molar-refractivity contribution < 1.29 is 9.21 Å². The van der Waals surface area contributed by atoms with Crippen LogP contribution in [0.25, 0.3) is 11.5 Å². The van der Waals surface area contributed by atoms with E-state index in [4.69, 9.17) is 4.42 Å². The second-order valence-electron chi connectivity index (χ2n) is 7.40. The molecule has 0 saturated heterocycles. The zero-order valence-corrected chi connectivity index (χ0v) is 14.8. The molecule has 4 rings (SSSR count). The molecule has 0 bridgehead atoms. The summed E-state index contributed by atoms with van der Waals surface area (Å²) in [4.78, 5) is 15.4. The number of aromatic nitrogens is 2. The summed E-state index contributed by atoms with van der Waals surface area (Å²) in [5.74, 6) is 1.85. The molecule has 0 unspecified atom stereocenters. The second-order valence-corrected chi connectivity index (χ2v) is 7.40. The minimum absolute atomic E-state index is 0.150. The second kappa shape index (κ2) is 6.98. The minimum atomic E-state index is 0.150. The van der Waals surface area contributed by atoms with E-state index in [1.807, 2.05) is 24.3 Å². The molecule has 1 heterocycles. The molecular weight excluding hydrogens is 314 g/mol. The van der Waals surface area contributed by atoms with Crippen molar-refractivity contribution in [1.82, 2.24) is 15.1 Å². The molecule has 0 aliphatic heterocycles. The highest BCUT2D eigenvalue weighted by molar-refractivity contribution is 5.95. The van der Waals surface area contributed by atoms with Crippen LogP contribution in [0.3, 0.4) is 0 Å². The quantitative estimate of drug-likeness (QED) is 0.818. The number of carbonyl (C=O) groups is 1. The molecule has 2 fully saturated rings. The number of rotatable bonds is 5. The van der Waals surface area contributed by atoms with Gasteiger partial charge in [0, 0.05) is 30.6 Å². The summed E-state index contributed by atoms with van der Waals surface area (Å²) in [6.45, 7) is 2.68. The molecule has 2 aliphatic carbocycles. The Hall–Kier alpha value is -2.17.